The molecule has 0 aromatic heterocycles. The zero-order chi connectivity index (χ0) is 13.2. The maximum absolute atomic E-state index is 12.2. The molecule has 1 saturated heterocycles. The van der Waals surface area contributed by atoms with Crippen molar-refractivity contribution in [1.29, 1.82) is 0 Å². The molecule has 1 heterocycles. The van der Waals surface area contributed by atoms with Gasteiger partial charge in [-0.15, -0.1) is 0 Å². The predicted octanol–water partition coefficient (Wildman–Crippen LogP) is 0.535. The molecule has 0 saturated carbocycles. The lowest BCUT2D eigenvalue weighted by atomic mass is 9.74. The van der Waals surface area contributed by atoms with E-state index in [4.69, 9.17) is 0 Å². The van der Waals surface area contributed by atoms with Crippen molar-refractivity contribution in [1.82, 2.24) is 10.6 Å². The third-order valence-corrected chi connectivity index (χ3v) is 3.18. The molecule has 96 valence electrons. The van der Waals surface area contributed by atoms with E-state index in [1.54, 1.807) is 6.92 Å². The SMILES string of the molecule is C[C@@H](O)C[C@@]1(c2ccccc2)CNC(=O)NC1=O. The molecule has 0 spiro atoms. The molecule has 2 rings (SSSR count). The normalized spacial score (nSPS) is 25.2. The second-order valence-electron chi connectivity index (χ2n) is 4.64. The van der Waals surface area contributed by atoms with Gasteiger partial charge in [-0.25, -0.2) is 4.79 Å². The van der Waals surface area contributed by atoms with Crippen molar-refractivity contribution in [3.8, 4) is 0 Å². The smallest absolute Gasteiger partial charge is 0.321 e. The van der Waals surface area contributed by atoms with Crippen LogP contribution in [0.2, 0.25) is 0 Å². The van der Waals surface area contributed by atoms with Crippen molar-refractivity contribution in [2.75, 3.05) is 6.54 Å². The molecule has 1 fully saturated rings. The average molecular weight is 248 g/mol. The molecule has 0 bridgehead atoms. The van der Waals surface area contributed by atoms with E-state index in [0.717, 1.165) is 5.56 Å². The van der Waals surface area contributed by atoms with Gasteiger partial charge < -0.3 is 10.4 Å². The number of rotatable bonds is 3. The van der Waals surface area contributed by atoms with Crippen molar-refractivity contribution in [3.05, 3.63) is 35.9 Å². The maximum Gasteiger partial charge on any atom is 0.321 e. The summed E-state index contributed by atoms with van der Waals surface area (Å²) in [5.41, 5.74) is -0.105. The second-order valence-corrected chi connectivity index (χ2v) is 4.64. The first-order chi connectivity index (χ1) is 8.54. The van der Waals surface area contributed by atoms with Crippen LogP contribution in [-0.4, -0.2) is 29.7 Å². The fourth-order valence-electron chi connectivity index (χ4n) is 2.36. The van der Waals surface area contributed by atoms with Crippen LogP contribution in [0.25, 0.3) is 0 Å². The number of amides is 3. The maximum atomic E-state index is 12.2. The third kappa shape index (κ3) is 2.22. The van der Waals surface area contributed by atoms with Crippen LogP contribution in [0, 0.1) is 0 Å². The highest BCUT2D eigenvalue weighted by atomic mass is 16.3. The molecule has 0 unspecified atom stereocenters. The van der Waals surface area contributed by atoms with Gasteiger partial charge in [0.15, 0.2) is 0 Å². The number of aliphatic hydroxyl groups is 1. The van der Waals surface area contributed by atoms with Crippen LogP contribution in [0.1, 0.15) is 18.9 Å². The Morgan fingerprint density at radius 2 is 2.00 bits per heavy atom. The molecule has 2 atom stereocenters. The number of carbonyl (C=O) groups is 2. The van der Waals surface area contributed by atoms with Gasteiger partial charge in [0.25, 0.3) is 0 Å². The van der Waals surface area contributed by atoms with Gasteiger partial charge >= 0.3 is 6.03 Å². The van der Waals surface area contributed by atoms with Gasteiger partial charge in [0.1, 0.15) is 0 Å². The predicted molar refractivity (Wildman–Crippen MR) is 66.0 cm³/mol. The first kappa shape index (κ1) is 12.6. The zero-order valence-corrected chi connectivity index (χ0v) is 10.1. The molecular formula is C13H16N2O3. The number of aliphatic hydroxyl groups excluding tert-OH is 1. The fraction of sp³-hybridized carbons (Fsp3) is 0.385. The Labute approximate surface area is 105 Å². The van der Waals surface area contributed by atoms with Crippen molar-refractivity contribution < 1.29 is 14.7 Å². The van der Waals surface area contributed by atoms with Crippen molar-refractivity contribution in [3.63, 3.8) is 0 Å². The van der Waals surface area contributed by atoms with Gasteiger partial charge in [-0.05, 0) is 18.9 Å². The van der Waals surface area contributed by atoms with Crippen LogP contribution in [0.4, 0.5) is 4.79 Å². The largest absolute Gasteiger partial charge is 0.393 e. The number of imide groups is 1. The first-order valence-corrected chi connectivity index (χ1v) is 5.87. The van der Waals surface area contributed by atoms with Crippen LogP contribution < -0.4 is 10.6 Å². The van der Waals surface area contributed by atoms with Crippen LogP contribution in [-0.2, 0) is 10.2 Å². The summed E-state index contributed by atoms with van der Waals surface area (Å²) in [5.74, 6) is -0.363. The summed E-state index contributed by atoms with van der Waals surface area (Å²) in [6.07, 6.45) is -0.366. The van der Waals surface area contributed by atoms with E-state index in [-0.39, 0.29) is 18.9 Å². The lowest BCUT2D eigenvalue weighted by Gasteiger charge is -2.37. The number of benzene rings is 1. The summed E-state index contributed by atoms with van der Waals surface area (Å²) in [7, 11) is 0. The molecule has 0 radical (unpaired) electrons. The van der Waals surface area contributed by atoms with E-state index in [9.17, 15) is 14.7 Å². The van der Waals surface area contributed by atoms with Gasteiger partial charge in [-0.2, -0.15) is 0 Å². The minimum Gasteiger partial charge on any atom is -0.393 e. The Morgan fingerprint density at radius 1 is 1.33 bits per heavy atom. The summed E-state index contributed by atoms with van der Waals surface area (Å²) in [5, 5.41) is 14.5. The van der Waals surface area contributed by atoms with Crippen molar-refractivity contribution in [2.24, 2.45) is 0 Å². The monoisotopic (exact) mass is 248 g/mol. The van der Waals surface area contributed by atoms with Crippen molar-refractivity contribution in [2.45, 2.75) is 24.9 Å². The average Bonchev–Trinajstić information content (AvgIpc) is 2.34. The molecule has 18 heavy (non-hydrogen) atoms. The van der Waals surface area contributed by atoms with Gasteiger partial charge in [0.2, 0.25) is 5.91 Å². The Hall–Kier alpha value is -1.88. The van der Waals surface area contributed by atoms with E-state index in [2.05, 4.69) is 10.6 Å². The van der Waals surface area contributed by atoms with E-state index in [1.807, 2.05) is 30.3 Å². The standard InChI is InChI=1S/C13H16N2O3/c1-9(16)7-13(10-5-3-2-4-6-10)8-14-12(18)15-11(13)17/h2-6,9,16H,7-8H2,1H3,(H2,14,15,17,18)/t9-,13+/m1/s1. The molecule has 5 heteroatoms. The summed E-state index contributed by atoms with van der Waals surface area (Å²) in [4.78, 5) is 23.4. The summed E-state index contributed by atoms with van der Waals surface area (Å²) < 4.78 is 0. The molecule has 1 aromatic carbocycles. The number of hydrogen-bond donors (Lipinski definition) is 3. The second kappa shape index (κ2) is 4.78. The molecule has 3 N–H and O–H groups in total. The van der Waals surface area contributed by atoms with E-state index in [1.165, 1.54) is 0 Å². The van der Waals surface area contributed by atoms with Crippen LogP contribution in [0.5, 0.6) is 0 Å². The van der Waals surface area contributed by atoms with E-state index < -0.39 is 17.6 Å². The molecule has 5 nitrogen and oxygen atoms in total. The van der Waals surface area contributed by atoms with Gasteiger partial charge in [-0.3, -0.25) is 10.1 Å². The Kier molecular flexibility index (Phi) is 3.34. The molecule has 3 amide bonds. The highest BCUT2D eigenvalue weighted by Crippen LogP contribution is 2.30. The van der Waals surface area contributed by atoms with Gasteiger partial charge in [0, 0.05) is 6.54 Å². The summed E-state index contributed by atoms with van der Waals surface area (Å²) in [6.45, 7) is 1.83. The number of hydrogen-bond acceptors (Lipinski definition) is 3. The lowest BCUT2D eigenvalue weighted by molar-refractivity contribution is -0.127. The van der Waals surface area contributed by atoms with E-state index in [0.29, 0.717) is 0 Å². The highest BCUT2D eigenvalue weighted by Gasteiger charge is 2.44. The van der Waals surface area contributed by atoms with Gasteiger partial charge in [0.05, 0.1) is 11.5 Å². The summed E-state index contributed by atoms with van der Waals surface area (Å²) in [6, 6.07) is 8.71. The van der Waals surface area contributed by atoms with Crippen LogP contribution in [0.3, 0.4) is 0 Å². The topological polar surface area (TPSA) is 78.4 Å². The first-order valence-electron chi connectivity index (χ1n) is 5.87. The highest BCUT2D eigenvalue weighted by molar-refractivity contribution is 6.03. The van der Waals surface area contributed by atoms with Gasteiger partial charge in [-0.1, -0.05) is 30.3 Å². The minimum absolute atomic E-state index is 0.201. The van der Waals surface area contributed by atoms with Crippen LogP contribution in [0.15, 0.2) is 30.3 Å². The number of nitrogens with one attached hydrogen (secondary N) is 2. The number of carbonyl (C=O) groups excluding carboxylic acids is 2. The Balaban J connectivity index is 2.41. The summed E-state index contributed by atoms with van der Waals surface area (Å²) >= 11 is 0. The molecular weight excluding hydrogens is 232 g/mol. The molecule has 0 aliphatic carbocycles. The Bertz CT molecular complexity index is 459. The fourth-order valence-corrected chi connectivity index (χ4v) is 2.36. The van der Waals surface area contributed by atoms with E-state index >= 15 is 0 Å². The molecule has 1 aromatic rings. The Morgan fingerprint density at radius 3 is 2.56 bits per heavy atom. The number of urea groups is 1. The van der Waals surface area contributed by atoms with Crippen LogP contribution >= 0.6 is 0 Å². The third-order valence-electron chi connectivity index (χ3n) is 3.18. The minimum atomic E-state index is -0.899. The molecule has 1 aliphatic rings. The molecule has 1 aliphatic heterocycles. The zero-order valence-electron chi connectivity index (χ0n) is 10.1. The quantitative estimate of drug-likeness (QED) is 0.730. The lowest BCUT2D eigenvalue weighted by Crippen LogP contribution is -2.61. The van der Waals surface area contributed by atoms with Crippen molar-refractivity contribution >= 4 is 11.9 Å².